The molecule has 0 atom stereocenters. The number of hydrogen-bond donors (Lipinski definition) is 1. The van der Waals surface area contributed by atoms with Gasteiger partial charge in [0.1, 0.15) is 0 Å². The molecule has 0 spiro atoms. The Labute approximate surface area is 155 Å². The predicted molar refractivity (Wildman–Crippen MR) is 96.1 cm³/mol. The molecule has 0 amide bonds. The Balaban J connectivity index is 0.00000264. The van der Waals surface area contributed by atoms with E-state index in [1.54, 1.807) is 16.4 Å². The van der Waals surface area contributed by atoms with Crippen LogP contribution < -0.4 is 10.1 Å². The molecule has 2 aromatic rings. The van der Waals surface area contributed by atoms with Gasteiger partial charge in [-0.25, -0.2) is 4.68 Å². The number of tetrazole rings is 1. The molecule has 10 heteroatoms. The summed E-state index contributed by atoms with van der Waals surface area (Å²) in [5.41, 5.74) is 1.02. The summed E-state index contributed by atoms with van der Waals surface area (Å²) in [7, 11) is 1.82. The average Bonchev–Trinajstić information content (AvgIpc) is 2.88. The Kier molecular flexibility index (Phi) is 9.01. The highest BCUT2D eigenvalue weighted by Gasteiger charge is 2.09. The molecule has 0 aliphatic heterocycles. The van der Waals surface area contributed by atoms with Gasteiger partial charge in [0.2, 0.25) is 5.16 Å². The predicted octanol–water partition coefficient (Wildman–Crippen LogP) is 3.22. The third-order valence-electron chi connectivity index (χ3n) is 2.77. The Hall–Kier alpha value is -0.730. The highest BCUT2D eigenvalue weighted by Crippen LogP contribution is 2.34. The molecule has 0 bridgehead atoms. The largest absolute Gasteiger partial charge is 0.491 e. The van der Waals surface area contributed by atoms with E-state index in [0.717, 1.165) is 23.0 Å². The summed E-state index contributed by atoms with van der Waals surface area (Å²) in [6, 6.07) is 3.73. The molecule has 1 aromatic heterocycles. The van der Waals surface area contributed by atoms with E-state index in [1.165, 1.54) is 0 Å². The lowest BCUT2D eigenvalue weighted by atomic mass is 10.2. The number of thioether (sulfide) groups is 1. The number of nitrogens with zero attached hydrogens (tertiary/aromatic N) is 4. The van der Waals surface area contributed by atoms with E-state index < -0.39 is 0 Å². The minimum absolute atomic E-state index is 0. The fourth-order valence-electron chi connectivity index (χ4n) is 1.79. The first-order valence-electron chi connectivity index (χ1n) is 6.78. The maximum Gasteiger partial charge on any atom is 0.209 e. The van der Waals surface area contributed by atoms with Crippen LogP contribution in [0.3, 0.4) is 0 Å². The SMILES string of the molecule is CCOc1c(Cl)cc(CNCCSc2nnnn2C)cc1Cl.Cl. The summed E-state index contributed by atoms with van der Waals surface area (Å²) in [6.45, 7) is 3.93. The van der Waals surface area contributed by atoms with Crippen LogP contribution in [0.2, 0.25) is 10.0 Å². The standard InChI is InChI=1S/C13H17Cl2N5OS.ClH/c1-3-21-12-10(14)6-9(7-11(12)15)8-16-4-5-22-13-17-18-19-20(13)2;/h6-7,16H,3-5,8H2,1-2H3;1H. The first-order valence-corrected chi connectivity index (χ1v) is 8.52. The number of rotatable bonds is 8. The molecule has 128 valence electrons. The minimum Gasteiger partial charge on any atom is -0.491 e. The van der Waals surface area contributed by atoms with Gasteiger partial charge in [-0.05, 0) is 35.0 Å². The number of benzene rings is 1. The third kappa shape index (κ3) is 6.00. The number of halogens is 3. The lowest BCUT2D eigenvalue weighted by Crippen LogP contribution is -2.16. The molecule has 0 radical (unpaired) electrons. The van der Waals surface area contributed by atoms with Crippen LogP contribution in [0.15, 0.2) is 17.3 Å². The smallest absolute Gasteiger partial charge is 0.209 e. The Morgan fingerprint density at radius 2 is 2.00 bits per heavy atom. The summed E-state index contributed by atoms with van der Waals surface area (Å²) >= 11 is 13.9. The second-order valence-corrected chi connectivity index (χ2v) is 6.31. The van der Waals surface area contributed by atoms with Gasteiger partial charge in [0, 0.05) is 25.9 Å². The molecule has 0 aliphatic rings. The van der Waals surface area contributed by atoms with E-state index in [2.05, 4.69) is 20.8 Å². The maximum absolute atomic E-state index is 6.17. The van der Waals surface area contributed by atoms with Crippen molar-refractivity contribution < 1.29 is 4.74 Å². The second kappa shape index (κ2) is 10.2. The van der Waals surface area contributed by atoms with Gasteiger partial charge in [-0.15, -0.1) is 17.5 Å². The first kappa shape index (κ1) is 20.3. The minimum atomic E-state index is 0. The molecule has 0 aliphatic carbocycles. The van der Waals surface area contributed by atoms with Crippen molar-refractivity contribution in [1.82, 2.24) is 25.5 Å². The summed E-state index contributed by atoms with van der Waals surface area (Å²) in [5.74, 6) is 1.41. The number of hydrogen-bond acceptors (Lipinski definition) is 6. The van der Waals surface area contributed by atoms with Gasteiger partial charge in [-0.1, -0.05) is 35.0 Å². The van der Waals surface area contributed by atoms with Gasteiger partial charge in [0.05, 0.1) is 16.7 Å². The second-order valence-electron chi connectivity index (χ2n) is 4.43. The van der Waals surface area contributed by atoms with Crippen LogP contribution >= 0.6 is 47.4 Å². The van der Waals surface area contributed by atoms with Crippen molar-refractivity contribution in [3.8, 4) is 5.75 Å². The molecular formula is C13H18Cl3N5OS. The van der Waals surface area contributed by atoms with Crippen LogP contribution in [0.4, 0.5) is 0 Å². The van der Waals surface area contributed by atoms with Gasteiger partial charge in [0.25, 0.3) is 0 Å². The Morgan fingerprint density at radius 3 is 2.57 bits per heavy atom. The summed E-state index contributed by atoms with van der Waals surface area (Å²) < 4.78 is 7.06. The fraction of sp³-hybridized carbons (Fsp3) is 0.462. The van der Waals surface area contributed by atoms with Gasteiger partial charge in [-0.3, -0.25) is 0 Å². The van der Waals surface area contributed by atoms with E-state index in [4.69, 9.17) is 27.9 Å². The van der Waals surface area contributed by atoms with E-state index in [1.807, 2.05) is 26.1 Å². The van der Waals surface area contributed by atoms with Crippen molar-refractivity contribution in [2.45, 2.75) is 18.6 Å². The molecule has 1 heterocycles. The molecular weight excluding hydrogens is 381 g/mol. The molecule has 1 aromatic carbocycles. The Bertz CT molecular complexity index is 602. The summed E-state index contributed by atoms with van der Waals surface area (Å²) in [6.07, 6.45) is 0. The molecule has 0 unspecified atom stereocenters. The third-order valence-corrected chi connectivity index (χ3v) is 4.34. The molecule has 0 saturated carbocycles. The van der Waals surface area contributed by atoms with Crippen LogP contribution in [-0.4, -0.2) is 39.1 Å². The van der Waals surface area contributed by atoms with Crippen LogP contribution in [0, 0.1) is 0 Å². The molecule has 0 saturated heterocycles. The number of nitrogens with one attached hydrogen (secondary N) is 1. The average molecular weight is 399 g/mol. The fourth-order valence-corrected chi connectivity index (χ4v) is 3.18. The number of aromatic nitrogens is 4. The van der Waals surface area contributed by atoms with Gasteiger partial charge >= 0.3 is 0 Å². The van der Waals surface area contributed by atoms with Crippen molar-refractivity contribution in [3.05, 3.63) is 27.7 Å². The van der Waals surface area contributed by atoms with E-state index in [-0.39, 0.29) is 12.4 Å². The molecule has 2 rings (SSSR count). The van der Waals surface area contributed by atoms with Gasteiger partial charge in [-0.2, -0.15) is 0 Å². The van der Waals surface area contributed by atoms with Crippen LogP contribution in [-0.2, 0) is 13.6 Å². The normalized spacial score (nSPS) is 10.4. The zero-order chi connectivity index (χ0) is 15.9. The van der Waals surface area contributed by atoms with Gasteiger partial charge in [0.15, 0.2) is 5.75 Å². The van der Waals surface area contributed by atoms with E-state index >= 15 is 0 Å². The highest BCUT2D eigenvalue weighted by atomic mass is 35.5. The van der Waals surface area contributed by atoms with Crippen LogP contribution in [0.1, 0.15) is 12.5 Å². The summed E-state index contributed by atoms with van der Waals surface area (Å²) in [4.78, 5) is 0. The van der Waals surface area contributed by atoms with Crippen molar-refractivity contribution >= 4 is 47.4 Å². The van der Waals surface area contributed by atoms with E-state index in [0.29, 0.717) is 28.9 Å². The van der Waals surface area contributed by atoms with E-state index in [9.17, 15) is 0 Å². The highest BCUT2D eigenvalue weighted by molar-refractivity contribution is 7.99. The lowest BCUT2D eigenvalue weighted by molar-refractivity contribution is 0.340. The molecule has 23 heavy (non-hydrogen) atoms. The quantitative estimate of drug-likeness (QED) is 0.544. The van der Waals surface area contributed by atoms with Crippen molar-refractivity contribution in [3.63, 3.8) is 0 Å². The maximum atomic E-state index is 6.17. The molecule has 6 nitrogen and oxygen atoms in total. The number of aryl methyl sites for hydroxylation is 1. The molecule has 1 N–H and O–H groups in total. The lowest BCUT2D eigenvalue weighted by Gasteiger charge is -2.11. The van der Waals surface area contributed by atoms with Crippen molar-refractivity contribution in [1.29, 1.82) is 0 Å². The van der Waals surface area contributed by atoms with Crippen molar-refractivity contribution in [2.75, 3.05) is 18.9 Å². The van der Waals surface area contributed by atoms with Gasteiger partial charge < -0.3 is 10.1 Å². The first-order chi connectivity index (χ1) is 10.6. The Morgan fingerprint density at radius 1 is 1.30 bits per heavy atom. The zero-order valence-electron chi connectivity index (χ0n) is 12.8. The zero-order valence-corrected chi connectivity index (χ0v) is 15.9. The monoisotopic (exact) mass is 397 g/mol. The van der Waals surface area contributed by atoms with Crippen LogP contribution in [0.25, 0.3) is 0 Å². The summed E-state index contributed by atoms with van der Waals surface area (Å²) in [5, 5.41) is 16.5. The van der Waals surface area contributed by atoms with Crippen LogP contribution in [0.5, 0.6) is 5.75 Å². The number of ether oxygens (including phenoxy) is 1. The molecule has 0 fully saturated rings. The topological polar surface area (TPSA) is 64.9 Å². The van der Waals surface area contributed by atoms with Crippen molar-refractivity contribution in [2.24, 2.45) is 7.05 Å².